The molecule has 2 aromatic carbocycles. The fourth-order valence-electron chi connectivity index (χ4n) is 4.82. The smallest absolute Gasteiger partial charge is 0.253 e. The standard InChI is InChI=1S/C28H30N6O2S/c29-9-2-10-31-27(35)24-4-1-3-23(17-24)21-5-7-22(8-6-21)28(36)34-18-25(19-34)33-14-12-32(13-15-33)20-26-30-11-16-37-26/h1,3-8,11,16-17,25H,2,10,12-15,18-20H2,(H,31,35). The summed E-state index contributed by atoms with van der Waals surface area (Å²) in [7, 11) is 0. The van der Waals surface area contributed by atoms with Crippen LogP contribution in [0.25, 0.3) is 11.1 Å². The quantitative estimate of drug-likeness (QED) is 0.465. The maximum Gasteiger partial charge on any atom is 0.253 e. The molecule has 5 rings (SSSR count). The highest BCUT2D eigenvalue weighted by Crippen LogP contribution is 2.24. The van der Waals surface area contributed by atoms with Crippen LogP contribution in [0.5, 0.6) is 0 Å². The molecule has 3 heterocycles. The van der Waals surface area contributed by atoms with Gasteiger partial charge in [-0.2, -0.15) is 5.26 Å². The molecule has 2 aliphatic rings. The van der Waals surface area contributed by atoms with Gasteiger partial charge in [-0.3, -0.25) is 19.4 Å². The van der Waals surface area contributed by atoms with E-state index in [1.807, 2.05) is 65.0 Å². The predicted octanol–water partition coefficient (Wildman–Crippen LogP) is 3.10. The molecule has 0 unspecified atom stereocenters. The molecule has 0 bridgehead atoms. The summed E-state index contributed by atoms with van der Waals surface area (Å²) < 4.78 is 0. The van der Waals surface area contributed by atoms with E-state index < -0.39 is 0 Å². The van der Waals surface area contributed by atoms with Crippen molar-refractivity contribution < 1.29 is 9.59 Å². The number of thiazole rings is 1. The van der Waals surface area contributed by atoms with Gasteiger partial charge in [0.2, 0.25) is 0 Å². The number of aromatic nitrogens is 1. The van der Waals surface area contributed by atoms with E-state index >= 15 is 0 Å². The van der Waals surface area contributed by atoms with Crippen molar-refractivity contribution in [3.05, 3.63) is 76.2 Å². The molecule has 0 atom stereocenters. The molecule has 2 saturated heterocycles. The van der Waals surface area contributed by atoms with Crippen molar-refractivity contribution in [2.45, 2.75) is 19.0 Å². The van der Waals surface area contributed by atoms with Gasteiger partial charge >= 0.3 is 0 Å². The van der Waals surface area contributed by atoms with E-state index in [1.54, 1.807) is 17.4 Å². The molecule has 1 aromatic heterocycles. The Morgan fingerprint density at radius 3 is 2.51 bits per heavy atom. The SMILES string of the molecule is N#CCCNC(=O)c1cccc(-c2ccc(C(=O)N3CC(N4CCN(Cc5nccs5)CC4)C3)cc2)c1. The normalized spacial score (nSPS) is 16.7. The zero-order valence-electron chi connectivity index (χ0n) is 20.7. The van der Waals surface area contributed by atoms with Gasteiger partial charge in [0.25, 0.3) is 11.8 Å². The lowest BCUT2D eigenvalue weighted by Gasteiger charge is -2.48. The first kappa shape index (κ1) is 25.1. The van der Waals surface area contributed by atoms with Crippen molar-refractivity contribution in [3.8, 4) is 17.2 Å². The number of nitriles is 1. The molecule has 0 radical (unpaired) electrons. The van der Waals surface area contributed by atoms with Crippen LogP contribution in [-0.4, -0.2) is 83.4 Å². The first-order valence-electron chi connectivity index (χ1n) is 12.6. The number of rotatable bonds is 8. The molecule has 2 aliphatic heterocycles. The average Bonchev–Trinajstić information content (AvgIpc) is 3.42. The van der Waals surface area contributed by atoms with E-state index in [2.05, 4.69) is 20.1 Å². The van der Waals surface area contributed by atoms with Crippen molar-refractivity contribution in [2.75, 3.05) is 45.8 Å². The fourth-order valence-corrected chi connectivity index (χ4v) is 5.48. The summed E-state index contributed by atoms with van der Waals surface area (Å²) in [6, 6.07) is 17.4. The number of nitrogens with zero attached hydrogens (tertiary/aromatic N) is 5. The van der Waals surface area contributed by atoms with Crippen LogP contribution in [0.2, 0.25) is 0 Å². The number of likely N-dealkylation sites (tertiary alicyclic amines) is 1. The Morgan fingerprint density at radius 2 is 1.81 bits per heavy atom. The Kier molecular flexibility index (Phi) is 7.90. The van der Waals surface area contributed by atoms with Gasteiger partial charge in [-0.05, 0) is 35.4 Å². The van der Waals surface area contributed by atoms with Crippen LogP contribution in [-0.2, 0) is 6.54 Å². The van der Waals surface area contributed by atoms with Crippen LogP contribution in [0.1, 0.15) is 32.1 Å². The van der Waals surface area contributed by atoms with Gasteiger partial charge in [0.05, 0.1) is 19.0 Å². The van der Waals surface area contributed by atoms with Crippen LogP contribution in [0.15, 0.2) is 60.1 Å². The van der Waals surface area contributed by atoms with Gasteiger partial charge in [-0.25, -0.2) is 4.98 Å². The summed E-state index contributed by atoms with van der Waals surface area (Å²) in [5, 5.41) is 14.6. The minimum absolute atomic E-state index is 0.0656. The number of nitrogens with one attached hydrogen (secondary N) is 1. The lowest BCUT2D eigenvalue weighted by molar-refractivity contribution is 0.00648. The topological polar surface area (TPSA) is 92.6 Å². The Balaban J connectivity index is 1.11. The third-order valence-corrected chi connectivity index (χ3v) is 7.79. The molecule has 1 N–H and O–H groups in total. The van der Waals surface area contributed by atoms with Crippen LogP contribution in [0, 0.1) is 11.3 Å². The summed E-state index contributed by atoms with van der Waals surface area (Å²) in [4.78, 5) is 36.6. The van der Waals surface area contributed by atoms with Crippen LogP contribution >= 0.6 is 11.3 Å². The molecule has 0 spiro atoms. The van der Waals surface area contributed by atoms with Crippen LogP contribution in [0.4, 0.5) is 0 Å². The maximum atomic E-state index is 13.0. The van der Waals surface area contributed by atoms with Gasteiger partial charge in [0.15, 0.2) is 0 Å². The zero-order chi connectivity index (χ0) is 25.6. The second-order valence-corrected chi connectivity index (χ2v) is 10.4. The van der Waals surface area contributed by atoms with Gasteiger partial charge in [-0.15, -0.1) is 11.3 Å². The number of carbonyl (C=O) groups excluding carboxylic acids is 2. The van der Waals surface area contributed by atoms with Crippen LogP contribution in [0.3, 0.4) is 0 Å². The van der Waals surface area contributed by atoms with Gasteiger partial charge < -0.3 is 10.2 Å². The van der Waals surface area contributed by atoms with Crippen molar-refractivity contribution in [1.29, 1.82) is 5.26 Å². The minimum atomic E-state index is -0.197. The molecule has 8 nitrogen and oxygen atoms in total. The van der Waals surface area contributed by atoms with Crippen molar-refractivity contribution >= 4 is 23.2 Å². The summed E-state index contributed by atoms with van der Waals surface area (Å²) in [5.74, 6) is -0.131. The number of hydrogen-bond acceptors (Lipinski definition) is 7. The highest BCUT2D eigenvalue weighted by Gasteiger charge is 2.36. The van der Waals surface area contributed by atoms with E-state index in [0.717, 1.165) is 56.9 Å². The third kappa shape index (κ3) is 6.05. The van der Waals surface area contributed by atoms with Crippen molar-refractivity contribution in [3.63, 3.8) is 0 Å². The summed E-state index contributed by atoms with van der Waals surface area (Å²) in [6.45, 7) is 6.94. The van der Waals surface area contributed by atoms with E-state index in [9.17, 15) is 9.59 Å². The third-order valence-electron chi connectivity index (χ3n) is 7.03. The van der Waals surface area contributed by atoms with Gasteiger partial charge in [0, 0.05) is 74.6 Å². The molecule has 190 valence electrons. The highest BCUT2D eigenvalue weighted by atomic mass is 32.1. The zero-order valence-corrected chi connectivity index (χ0v) is 21.5. The lowest BCUT2D eigenvalue weighted by Crippen LogP contribution is -2.64. The summed E-state index contributed by atoms with van der Waals surface area (Å²) >= 11 is 1.71. The molecule has 3 aromatic rings. The molecule has 37 heavy (non-hydrogen) atoms. The van der Waals surface area contributed by atoms with Crippen molar-refractivity contribution in [1.82, 2.24) is 25.0 Å². The second-order valence-electron chi connectivity index (χ2n) is 9.42. The monoisotopic (exact) mass is 514 g/mol. The second kappa shape index (κ2) is 11.6. The van der Waals surface area contributed by atoms with E-state index in [0.29, 0.717) is 23.7 Å². The molecule has 0 aliphatic carbocycles. The first-order chi connectivity index (χ1) is 18.1. The average molecular weight is 515 g/mol. The highest BCUT2D eigenvalue weighted by molar-refractivity contribution is 7.09. The lowest BCUT2D eigenvalue weighted by atomic mass is 10.00. The summed E-state index contributed by atoms with van der Waals surface area (Å²) in [6.07, 6.45) is 2.15. The first-order valence-corrected chi connectivity index (χ1v) is 13.5. The Labute approximate surface area is 221 Å². The molecular weight excluding hydrogens is 484 g/mol. The van der Waals surface area contributed by atoms with E-state index in [4.69, 9.17) is 5.26 Å². The molecule has 9 heteroatoms. The Bertz CT molecular complexity index is 1260. The van der Waals surface area contributed by atoms with Gasteiger partial charge in [-0.1, -0.05) is 24.3 Å². The number of benzene rings is 2. The van der Waals surface area contributed by atoms with Gasteiger partial charge in [0.1, 0.15) is 5.01 Å². The molecular formula is C28H30N6O2S. The number of amides is 2. The van der Waals surface area contributed by atoms with E-state index in [1.165, 1.54) is 5.01 Å². The Hall–Kier alpha value is -3.58. The van der Waals surface area contributed by atoms with Crippen molar-refractivity contribution in [2.24, 2.45) is 0 Å². The van der Waals surface area contributed by atoms with Crippen LogP contribution < -0.4 is 5.32 Å². The summed E-state index contributed by atoms with van der Waals surface area (Å²) in [5.41, 5.74) is 3.08. The molecule has 2 fully saturated rings. The minimum Gasteiger partial charge on any atom is -0.351 e. The molecule has 0 saturated carbocycles. The largest absolute Gasteiger partial charge is 0.351 e. The molecule has 2 amide bonds. The number of piperazine rings is 1. The maximum absolute atomic E-state index is 13.0. The number of carbonyl (C=O) groups is 2. The Morgan fingerprint density at radius 1 is 1.03 bits per heavy atom. The fraction of sp³-hybridized carbons (Fsp3) is 0.357. The number of hydrogen-bond donors (Lipinski definition) is 1. The van der Waals surface area contributed by atoms with E-state index in [-0.39, 0.29) is 18.2 Å². The predicted molar refractivity (Wildman–Crippen MR) is 143 cm³/mol.